The number of carbonyl (C=O) groups excluding carboxylic acids is 1. The van der Waals surface area contributed by atoms with Gasteiger partial charge in [0, 0.05) is 55.3 Å². The normalized spacial score (nSPS) is 23.5. The maximum Gasteiger partial charge on any atom is 0.253 e. The number of rotatable bonds is 2. The molecule has 1 unspecified atom stereocenters. The third kappa shape index (κ3) is 3.30. The zero-order valence-electron chi connectivity index (χ0n) is 12.4. The summed E-state index contributed by atoms with van der Waals surface area (Å²) < 4.78 is 1.05. The first-order valence-corrected chi connectivity index (χ1v) is 8.44. The van der Waals surface area contributed by atoms with Crippen molar-refractivity contribution in [1.82, 2.24) is 15.1 Å². The van der Waals surface area contributed by atoms with E-state index >= 15 is 0 Å². The second-order valence-electron chi connectivity index (χ2n) is 5.94. The van der Waals surface area contributed by atoms with E-state index in [1.54, 1.807) is 0 Å². The average Bonchev–Trinajstić information content (AvgIpc) is 3.00. The van der Waals surface area contributed by atoms with Gasteiger partial charge < -0.3 is 10.2 Å². The van der Waals surface area contributed by atoms with Crippen LogP contribution in [-0.4, -0.2) is 61.0 Å². The number of nitrogens with one attached hydrogen (secondary N) is 1. The Labute approximate surface area is 134 Å². The van der Waals surface area contributed by atoms with Crippen LogP contribution in [0.3, 0.4) is 0 Å². The third-order valence-electron chi connectivity index (χ3n) is 4.52. The molecule has 0 radical (unpaired) electrons. The minimum atomic E-state index is 0.170. The molecule has 3 rings (SSSR count). The van der Waals surface area contributed by atoms with Gasteiger partial charge in [0.15, 0.2) is 0 Å². The Morgan fingerprint density at radius 1 is 1.29 bits per heavy atom. The topological polar surface area (TPSA) is 35.6 Å². The van der Waals surface area contributed by atoms with Crippen molar-refractivity contribution in [3.63, 3.8) is 0 Å². The number of halogens is 1. The molecule has 0 aromatic heterocycles. The first-order chi connectivity index (χ1) is 10.1. The fraction of sp³-hybridized carbons (Fsp3) is 0.562. The Morgan fingerprint density at radius 2 is 2.05 bits per heavy atom. The predicted octanol–water partition coefficient (Wildman–Crippen LogP) is 1.88. The highest BCUT2D eigenvalue weighted by Crippen LogP contribution is 2.21. The molecule has 2 aliphatic heterocycles. The monoisotopic (exact) mass is 351 g/mol. The van der Waals surface area contributed by atoms with Crippen LogP contribution in [-0.2, 0) is 0 Å². The molecule has 1 N–H and O–H groups in total. The molecule has 0 bridgehead atoms. The lowest BCUT2D eigenvalue weighted by Gasteiger charge is -2.32. The fourth-order valence-electron chi connectivity index (χ4n) is 3.23. The summed E-state index contributed by atoms with van der Waals surface area (Å²) in [5, 5.41) is 3.38. The van der Waals surface area contributed by atoms with Crippen molar-refractivity contribution in [2.45, 2.75) is 19.4 Å². The lowest BCUT2D eigenvalue weighted by molar-refractivity contribution is 0.0773. The average molecular weight is 352 g/mol. The van der Waals surface area contributed by atoms with Crippen LogP contribution >= 0.6 is 15.9 Å². The molecule has 2 saturated heterocycles. The Morgan fingerprint density at radius 3 is 2.76 bits per heavy atom. The van der Waals surface area contributed by atoms with E-state index in [-0.39, 0.29) is 5.91 Å². The van der Waals surface area contributed by atoms with Crippen LogP contribution < -0.4 is 5.32 Å². The van der Waals surface area contributed by atoms with Crippen molar-refractivity contribution in [2.24, 2.45) is 0 Å². The Kier molecular flexibility index (Phi) is 4.62. The molecule has 2 aliphatic rings. The predicted molar refractivity (Wildman–Crippen MR) is 87.6 cm³/mol. The van der Waals surface area contributed by atoms with E-state index in [9.17, 15) is 4.79 Å². The quantitative estimate of drug-likeness (QED) is 0.883. The smallest absolute Gasteiger partial charge is 0.253 e. The second kappa shape index (κ2) is 6.46. The number of hydrogen-bond donors (Lipinski definition) is 1. The number of amides is 1. The van der Waals surface area contributed by atoms with Gasteiger partial charge >= 0.3 is 0 Å². The molecule has 0 saturated carbocycles. The van der Waals surface area contributed by atoms with Crippen LogP contribution in [0.2, 0.25) is 0 Å². The van der Waals surface area contributed by atoms with E-state index in [1.807, 2.05) is 30.0 Å². The zero-order valence-corrected chi connectivity index (χ0v) is 14.0. The minimum Gasteiger partial charge on any atom is -0.337 e. The lowest BCUT2D eigenvalue weighted by atomic mass is 10.1. The van der Waals surface area contributed by atoms with Gasteiger partial charge in [-0.2, -0.15) is 0 Å². The highest BCUT2D eigenvalue weighted by atomic mass is 79.9. The van der Waals surface area contributed by atoms with Gasteiger partial charge in [0.2, 0.25) is 0 Å². The van der Waals surface area contributed by atoms with Crippen LogP contribution in [0.15, 0.2) is 22.7 Å². The molecule has 5 heteroatoms. The standard InChI is InChI=1S/C16H22BrN3O/c1-12-10-13(2-3-15(12)17)16(21)20-7-4-14(11-20)19-8-5-18-6-9-19/h2-3,10,14,18H,4-9,11H2,1H3. The Balaban J connectivity index is 1.64. The van der Waals surface area contributed by atoms with E-state index in [2.05, 4.69) is 26.1 Å². The molecule has 1 atom stereocenters. The van der Waals surface area contributed by atoms with Gasteiger partial charge in [0.25, 0.3) is 5.91 Å². The summed E-state index contributed by atoms with van der Waals surface area (Å²) >= 11 is 3.49. The SMILES string of the molecule is Cc1cc(C(=O)N2CCC(N3CCNCC3)C2)ccc1Br. The van der Waals surface area contributed by atoms with E-state index < -0.39 is 0 Å². The lowest BCUT2D eigenvalue weighted by Crippen LogP contribution is -2.49. The molecule has 2 fully saturated rings. The summed E-state index contributed by atoms with van der Waals surface area (Å²) in [6, 6.07) is 6.39. The maximum absolute atomic E-state index is 12.6. The second-order valence-corrected chi connectivity index (χ2v) is 6.80. The van der Waals surface area contributed by atoms with Gasteiger partial charge in [-0.05, 0) is 37.1 Å². The van der Waals surface area contributed by atoms with E-state index in [0.717, 1.165) is 61.3 Å². The van der Waals surface area contributed by atoms with Gasteiger partial charge in [0.1, 0.15) is 0 Å². The highest BCUT2D eigenvalue weighted by Gasteiger charge is 2.31. The van der Waals surface area contributed by atoms with Gasteiger partial charge in [0.05, 0.1) is 0 Å². The Hall–Kier alpha value is -0.910. The van der Waals surface area contributed by atoms with Crippen LogP contribution in [0, 0.1) is 6.92 Å². The molecular weight excluding hydrogens is 330 g/mol. The molecule has 4 nitrogen and oxygen atoms in total. The van der Waals surface area contributed by atoms with Gasteiger partial charge in [-0.1, -0.05) is 15.9 Å². The number of aryl methyl sites for hydroxylation is 1. The minimum absolute atomic E-state index is 0.170. The molecule has 0 spiro atoms. The summed E-state index contributed by atoms with van der Waals surface area (Å²) in [5.74, 6) is 0.170. The van der Waals surface area contributed by atoms with Gasteiger partial charge in [-0.25, -0.2) is 0 Å². The Bertz CT molecular complexity index is 528. The van der Waals surface area contributed by atoms with Crippen molar-refractivity contribution in [3.8, 4) is 0 Å². The van der Waals surface area contributed by atoms with Crippen molar-refractivity contribution < 1.29 is 4.79 Å². The number of hydrogen-bond acceptors (Lipinski definition) is 3. The third-order valence-corrected chi connectivity index (χ3v) is 5.41. The molecule has 1 aromatic rings. The molecule has 1 aromatic carbocycles. The maximum atomic E-state index is 12.6. The molecule has 1 amide bonds. The van der Waals surface area contributed by atoms with Crippen molar-refractivity contribution >= 4 is 21.8 Å². The zero-order chi connectivity index (χ0) is 14.8. The first-order valence-electron chi connectivity index (χ1n) is 7.65. The number of benzene rings is 1. The first kappa shape index (κ1) is 15.0. The van der Waals surface area contributed by atoms with Crippen molar-refractivity contribution in [2.75, 3.05) is 39.3 Å². The van der Waals surface area contributed by atoms with E-state index in [1.165, 1.54) is 0 Å². The van der Waals surface area contributed by atoms with Crippen LogP contribution in [0.25, 0.3) is 0 Å². The number of carbonyl (C=O) groups is 1. The van der Waals surface area contributed by atoms with Crippen LogP contribution in [0.4, 0.5) is 0 Å². The van der Waals surface area contributed by atoms with Gasteiger partial charge in [-0.3, -0.25) is 9.69 Å². The fourth-order valence-corrected chi connectivity index (χ4v) is 3.48. The van der Waals surface area contributed by atoms with E-state index in [4.69, 9.17) is 0 Å². The van der Waals surface area contributed by atoms with Crippen molar-refractivity contribution in [3.05, 3.63) is 33.8 Å². The summed E-state index contributed by atoms with van der Waals surface area (Å²) in [4.78, 5) is 17.2. The van der Waals surface area contributed by atoms with Crippen molar-refractivity contribution in [1.29, 1.82) is 0 Å². The number of piperazine rings is 1. The highest BCUT2D eigenvalue weighted by molar-refractivity contribution is 9.10. The van der Waals surface area contributed by atoms with E-state index in [0.29, 0.717) is 6.04 Å². The summed E-state index contributed by atoms with van der Waals surface area (Å²) in [5.41, 5.74) is 1.91. The molecule has 0 aliphatic carbocycles. The largest absolute Gasteiger partial charge is 0.337 e. The van der Waals surface area contributed by atoms with Crippen LogP contribution in [0.5, 0.6) is 0 Å². The molecule has 114 valence electrons. The number of likely N-dealkylation sites (tertiary alicyclic amines) is 1. The molecular formula is C16H22BrN3O. The number of nitrogens with zero attached hydrogens (tertiary/aromatic N) is 2. The van der Waals surface area contributed by atoms with Crippen LogP contribution in [0.1, 0.15) is 22.3 Å². The summed E-state index contributed by atoms with van der Waals surface area (Å²) in [7, 11) is 0. The molecule has 21 heavy (non-hydrogen) atoms. The molecule has 2 heterocycles. The van der Waals surface area contributed by atoms with Gasteiger partial charge in [-0.15, -0.1) is 0 Å². The summed E-state index contributed by atoms with van der Waals surface area (Å²) in [6.07, 6.45) is 1.10. The summed E-state index contributed by atoms with van der Waals surface area (Å²) in [6.45, 7) is 8.10.